The van der Waals surface area contributed by atoms with Crippen molar-refractivity contribution >= 4 is 23.3 Å². The lowest BCUT2D eigenvalue weighted by Crippen LogP contribution is -2.32. The fourth-order valence-electron chi connectivity index (χ4n) is 3.75. The fraction of sp³-hybridized carbons (Fsp3) is 0.562. The number of aromatic nitrogens is 1. The van der Waals surface area contributed by atoms with Gasteiger partial charge in [0.1, 0.15) is 5.15 Å². The van der Waals surface area contributed by atoms with Crippen molar-refractivity contribution in [2.45, 2.75) is 40.0 Å². The largest absolute Gasteiger partial charge is 0.368 e. The Kier molecular flexibility index (Phi) is 3.32. The molecular formula is C16H19ClN2O2. The zero-order valence-electron chi connectivity index (χ0n) is 12.5. The molecule has 1 heterocycles. The lowest BCUT2D eigenvalue weighted by atomic mass is 9.70. The maximum atomic E-state index is 12.0. The van der Waals surface area contributed by atoms with Gasteiger partial charge in [0.25, 0.3) is 0 Å². The summed E-state index contributed by atoms with van der Waals surface area (Å²) >= 11 is 5.89. The van der Waals surface area contributed by atoms with Crippen LogP contribution in [0.2, 0.25) is 5.15 Å². The van der Waals surface area contributed by atoms with Gasteiger partial charge in [0.2, 0.25) is 0 Å². The zero-order valence-corrected chi connectivity index (χ0v) is 13.3. The minimum absolute atomic E-state index is 0.0245. The van der Waals surface area contributed by atoms with Crippen molar-refractivity contribution in [3.05, 3.63) is 29.0 Å². The number of pyridine rings is 1. The summed E-state index contributed by atoms with van der Waals surface area (Å²) in [5.41, 5.74) is 1.48. The molecule has 0 N–H and O–H groups in total. The lowest BCUT2D eigenvalue weighted by Gasteiger charge is -2.34. The summed E-state index contributed by atoms with van der Waals surface area (Å²) in [6, 6.07) is 3.24. The molecule has 3 rings (SSSR count). The van der Waals surface area contributed by atoms with Crippen molar-refractivity contribution in [3.8, 4) is 0 Å². The minimum Gasteiger partial charge on any atom is -0.313 e. The Bertz CT molecular complexity index is 626. The molecule has 4 nitrogen and oxygen atoms in total. The Morgan fingerprint density at radius 1 is 1.48 bits per heavy atom. The topological polar surface area (TPSA) is 51.5 Å². The van der Waals surface area contributed by atoms with Gasteiger partial charge >= 0.3 is 5.97 Å². The van der Waals surface area contributed by atoms with Gasteiger partial charge in [-0.3, -0.25) is 0 Å². The van der Waals surface area contributed by atoms with Crippen LogP contribution in [-0.4, -0.2) is 16.7 Å². The van der Waals surface area contributed by atoms with Crippen LogP contribution >= 0.6 is 11.6 Å². The molecule has 2 unspecified atom stereocenters. The molecular weight excluding hydrogens is 288 g/mol. The van der Waals surface area contributed by atoms with Gasteiger partial charge in [-0.2, -0.15) is 0 Å². The summed E-state index contributed by atoms with van der Waals surface area (Å²) in [6.45, 7) is 6.80. The SMILES string of the molecule is CC12CCC(CC1=NOC(=O)c1cccnc1Cl)C2(C)C. The normalized spacial score (nSPS) is 31.6. The second-order valence-electron chi connectivity index (χ2n) is 6.75. The van der Waals surface area contributed by atoms with Crippen LogP contribution in [0.25, 0.3) is 0 Å². The van der Waals surface area contributed by atoms with Crippen molar-refractivity contribution in [1.82, 2.24) is 4.98 Å². The number of carbonyl (C=O) groups excluding carboxylic acids is 1. The predicted molar refractivity (Wildman–Crippen MR) is 81.3 cm³/mol. The van der Waals surface area contributed by atoms with Crippen LogP contribution in [0, 0.1) is 16.7 Å². The smallest absolute Gasteiger partial charge is 0.313 e. The molecule has 2 bridgehead atoms. The zero-order chi connectivity index (χ0) is 15.3. The van der Waals surface area contributed by atoms with Crippen molar-refractivity contribution in [3.63, 3.8) is 0 Å². The van der Waals surface area contributed by atoms with E-state index in [-0.39, 0.29) is 21.5 Å². The third-order valence-corrected chi connectivity index (χ3v) is 6.03. The molecule has 2 aliphatic rings. The van der Waals surface area contributed by atoms with E-state index in [1.807, 2.05) is 0 Å². The summed E-state index contributed by atoms with van der Waals surface area (Å²) < 4.78 is 0. The highest BCUT2D eigenvalue weighted by molar-refractivity contribution is 6.32. The minimum atomic E-state index is -0.551. The van der Waals surface area contributed by atoms with Gasteiger partial charge in [-0.1, -0.05) is 37.5 Å². The molecule has 0 saturated heterocycles. The standard InChI is InChI=1S/C16H19ClN2O2/c1-15(2)10-6-7-16(15,3)12(9-10)19-21-14(20)11-5-4-8-18-13(11)17/h4-5,8,10H,6-7,9H2,1-3H3. The Hall–Kier alpha value is -1.42. The molecule has 0 aromatic carbocycles. The Labute approximate surface area is 129 Å². The third kappa shape index (κ3) is 2.08. The molecule has 2 atom stereocenters. The number of hydrogen-bond donors (Lipinski definition) is 0. The molecule has 0 spiro atoms. The first-order valence-corrected chi connectivity index (χ1v) is 7.63. The van der Waals surface area contributed by atoms with Crippen LogP contribution in [0.15, 0.2) is 23.5 Å². The molecule has 2 aliphatic carbocycles. The van der Waals surface area contributed by atoms with E-state index < -0.39 is 5.97 Å². The number of carbonyl (C=O) groups is 1. The number of halogens is 1. The molecule has 1 aromatic heterocycles. The first-order valence-electron chi connectivity index (χ1n) is 7.25. The average Bonchev–Trinajstić information content (AvgIpc) is 2.78. The van der Waals surface area contributed by atoms with Gasteiger partial charge in [-0.15, -0.1) is 0 Å². The van der Waals surface area contributed by atoms with Crippen LogP contribution in [0.1, 0.15) is 50.4 Å². The molecule has 5 heteroatoms. The molecule has 21 heavy (non-hydrogen) atoms. The maximum Gasteiger partial charge on any atom is 0.368 e. The van der Waals surface area contributed by atoms with Gasteiger partial charge in [-0.05, 0) is 42.7 Å². The highest BCUT2D eigenvalue weighted by Gasteiger charge is 2.60. The van der Waals surface area contributed by atoms with Crippen LogP contribution in [-0.2, 0) is 4.84 Å². The number of hydrogen-bond acceptors (Lipinski definition) is 4. The van der Waals surface area contributed by atoms with Gasteiger partial charge in [-0.25, -0.2) is 9.78 Å². The van der Waals surface area contributed by atoms with Crippen molar-refractivity contribution in [2.75, 3.05) is 0 Å². The predicted octanol–water partition coefficient (Wildman–Crippen LogP) is 4.09. The van der Waals surface area contributed by atoms with E-state index in [1.165, 1.54) is 12.6 Å². The van der Waals surface area contributed by atoms with E-state index in [0.29, 0.717) is 5.92 Å². The monoisotopic (exact) mass is 306 g/mol. The van der Waals surface area contributed by atoms with E-state index >= 15 is 0 Å². The Morgan fingerprint density at radius 2 is 2.24 bits per heavy atom. The summed E-state index contributed by atoms with van der Waals surface area (Å²) in [5, 5.41) is 4.31. The molecule has 112 valence electrons. The van der Waals surface area contributed by atoms with Gasteiger partial charge in [0.15, 0.2) is 0 Å². The number of nitrogens with zero attached hydrogens (tertiary/aromatic N) is 2. The lowest BCUT2D eigenvalue weighted by molar-refractivity contribution is 0.0508. The Morgan fingerprint density at radius 3 is 2.81 bits per heavy atom. The summed E-state index contributed by atoms with van der Waals surface area (Å²) in [7, 11) is 0. The van der Waals surface area contributed by atoms with E-state index in [9.17, 15) is 4.79 Å². The molecule has 2 saturated carbocycles. The molecule has 0 aliphatic heterocycles. The summed E-state index contributed by atoms with van der Waals surface area (Å²) in [6.07, 6.45) is 4.78. The highest BCUT2D eigenvalue weighted by Crippen LogP contribution is 2.63. The maximum absolute atomic E-state index is 12.0. The van der Waals surface area contributed by atoms with Crippen LogP contribution in [0.3, 0.4) is 0 Å². The van der Waals surface area contributed by atoms with Crippen LogP contribution in [0.5, 0.6) is 0 Å². The second kappa shape index (κ2) is 4.80. The van der Waals surface area contributed by atoms with Gasteiger partial charge in [0.05, 0.1) is 11.3 Å². The van der Waals surface area contributed by atoms with Crippen LogP contribution in [0.4, 0.5) is 0 Å². The summed E-state index contributed by atoms with van der Waals surface area (Å²) in [4.78, 5) is 21.0. The van der Waals surface area contributed by atoms with Gasteiger partial charge < -0.3 is 4.84 Å². The van der Waals surface area contributed by atoms with Crippen molar-refractivity contribution in [2.24, 2.45) is 21.9 Å². The molecule has 2 fully saturated rings. The molecule has 0 amide bonds. The highest BCUT2D eigenvalue weighted by atomic mass is 35.5. The number of fused-ring (bicyclic) bond motifs is 2. The first kappa shape index (κ1) is 14.5. The van der Waals surface area contributed by atoms with E-state index in [1.54, 1.807) is 12.1 Å². The van der Waals surface area contributed by atoms with Crippen molar-refractivity contribution < 1.29 is 9.63 Å². The number of oxime groups is 1. The second-order valence-corrected chi connectivity index (χ2v) is 7.11. The number of rotatable bonds is 2. The summed E-state index contributed by atoms with van der Waals surface area (Å²) in [5.74, 6) is 0.0757. The quantitative estimate of drug-likeness (QED) is 0.470. The fourth-order valence-corrected chi connectivity index (χ4v) is 3.95. The third-order valence-electron chi connectivity index (χ3n) is 5.73. The molecule has 1 aromatic rings. The van der Waals surface area contributed by atoms with Crippen LogP contribution < -0.4 is 0 Å². The first-order chi connectivity index (χ1) is 9.86. The Balaban J connectivity index is 1.79. The van der Waals surface area contributed by atoms with E-state index in [0.717, 1.165) is 18.6 Å². The van der Waals surface area contributed by atoms with Crippen molar-refractivity contribution in [1.29, 1.82) is 0 Å². The average molecular weight is 307 g/mol. The van der Waals surface area contributed by atoms with E-state index in [4.69, 9.17) is 16.4 Å². The van der Waals surface area contributed by atoms with Gasteiger partial charge in [0, 0.05) is 11.6 Å². The van der Waals surface area contributed by atoms with E-state index in [2.05, 4.69) is 30.9 Å². The molecule has 0 radical (unpaired) electrons.